The highest BCUT2D eigenvalue weighted by atomic mass is 32.2. The molecule has 0 atom stereocenters. The number of para-hydroxylation sites is 1. The van der Waals surface area contributed by atoms with Gasteiger partial charge in [0.1, 0.15) is 0 Å². The summed E-state index contributed by atoms with van der Waals surface area (Å²) in [5.41, 5.74) is -5.65. The lowest BCUT2D eigenvalue weighted by Crippen LogP contribution is -2.28. The Morgan fingerprint density at radius 2 is 1.62 bits per heavy atom. The fourth-order valence-corrected chi connectivity index (χ4v) is 2.81. The maximum atomic E-state index is 12.5. The minimum Gasteiger partial charge on any atom is -0.383 e. The number of sulfonamides is 1. The molecule has 120 valence electrons. The predicted molar refractivity (Wildman–Crippen MR) is 71.0 cm³/mol. The third-order valence-corrected chi connectivity index (χ3v) is 4.56. The molecule has 0 saturated heterocycles. The molecule has 0 spiro atoms. The summed E-state index contributed by atoms with van der Waals surface area (Å²) in [7, 11) is -8.90. The van der Waals surface area contributed by atoms with Gasteiger partial charge in [0.15, 0.2) is 0 Å². The smallest absolute Gasteiger partial charge is 0.383 e. The fraction of sp³-hybridized carbons (Fsp3) is 0.400. The molecule has 11 heteroatoms. The molecule has 2 N–H and O–H groups in total. The highest BCUT2D eigenvalue weighted by molar-refractivity contribution is 7.92. The molecular formula is C10H13F3N2O4S2. The van der Waals surface area contributed by atoms with Crippen molar-refractivity contribution < 1.29 is 30.0 Å². The molecule has 1 rings (SSSR count). The lowest BCUT2D eigenvalue weighted by Gasteiger charge is -2.14. The summed E-state index contributed by atoms with van der Waals surface area (Å²) in [5, 5.41) is 2.46. The van der Waals surface area contributed by atoms with Crippen LogP contribution in [0, 0.1) is 0 Å². The Labute approximate surface area is 120 Å². The molecule has 0 saturated carbocycles. The topological polar surface area (TPSA) is 92.3 Å². The minimum atomic E-state index is -5.47. The molecular weight excluding hydrogens is 333 g/mol. The van der Waals surface area contributed by atoms with Crippen molar-refractivity contribution >= 4 is 25.5 Å². The lowest BCUT2D eigenvalue weighted by atomic mass is 10.3. The molecule has 1 aromatic rings. The van der Waals surface area contributed by atoms with E-state index in [1.807, 2.05) is 0 Å². The van der Waals surface area contributed by atoms with Crippen LogP contribution in [0.5, 0.6) is 0 Å². The van der Waals surface area contributed by atoms with E-state index in [-0.39, 0.29) is 18.8 Å². The van der Waals surface area contributed by atoms with E-state index in [0.717, 1.165) is 12.3 Å². The zero-order valence-electron chi connectivity index (χ0n) is 10.8. The molecule has 0 amide bonds. The number of hydrogen-bond acceptors (Lipinski definition) is 5. The standard InChI is InChI=1S/C10H13F3N2O4S2/c1-20(16,17)15-7-6-14-8-4-2-3-5-9(8)21(18,19)10(11,12)13/h2-5,14-15H,6-7H2,1H3. The highest BCUT2D eigenvalue weighted by Gasteiger charge is 2.47. The summed E-state index contributed by atoms with van der Waals surface area (Å²) in [6.45, 7) is -0.170. The summed E-state index contributed by atoms with van der Waals surface area (Å²) < 4.78 is 84.1. The summed E-state index contributed by atoms with van der Waals surface area (Å²) in [5.74, 6) is 0. The van der Waals surface area contributed by atoms with Crippen molar-refractivity contribution in [3.8, 4) is 0 Å². The van der Waals surface area contributed by atoms with Crippen molar-refractivity contribution in [1.82, 2.24) is 4.72 Å². The van der Waals surface area contributed by atoms with Crippen molar-refractivity contribution in [1.29, 1.82) is 0 Å². The first kappa shape index (κ1) is 17.7. The molecule has 0 radical (unpaired) electrons. The van der Waals surface area contributed by atoms with Crippen LogP contribution < -0.4 is 10.0 Å². The van der Waals surface area contributed by atoms with Gasteiger partial charge in [0.25, 0.3) is 9.84 Å². The molecule has 0 bridgehead atoms. The normalized spacial score (nSPS) is 13.1. The minimum absolute atomic E-state index is 0.0720. The van der Waals surface area contributed by atoms with Crippen LogP contribution in [-0.4, -0.2) is 41.7 Å². The third-order valence-electron chi connectivity index (χ3n) is 2.29. The highest BCUT2D eigenvalue weighted by Crippen LogP contribution is 2.33. The van der Waals surface area contributed by atoms with Crippen molar-refractivity contribution in [3.63, 3.8) is 0 Å². The Balaban J connectivity index is 2.92. The van der Waals surface area contributed by atoms with Crippen LogP contribution in [0.15, 0.2) is 29.2 Å². The van der Waals surface area contributed by atoms with E-state index in [1.54, 1.807) is 0 Å². The van der Waals surface area contributed by atoms with Crippen molar-refractivity contribution in [3.05, 3.63) is 24.3 Å². The zero-order chi connectivity index (χ0) is 16.3. The van der Waals surface area contributed by atoms with Gasteiger partial charge < -0.3 is 5.32 Å². The maximum absolute atomic E-state index is 12.5. The summed E-state index contributed by atoms with van der Waals surface area (Å²) >= 11 is 0. The Kier molecular flexibility index (Phi) is 5.23. The second-order valence-electron chi connectivity index (χ2n) is 4.04. The Morgan fingerprint density at radius 3 is 2.14 bits per heavy atom. The van der Waals surface area contributed by atoms with Crippen molar-refractivity contribution in [2.45, 2.75) is 10.4 Å². The largest absolute Gasteiger partial charge is 0.501 e. The van der Waals surface area contributed by atoms with Crippen LogP contribution in [0.25, 0.3) is 0 Å². The van der Waals surface area contributed by atoms with E-state index < -0.39 is 30.3 Å². The predicted octanol–water partition coefficient (Wildman–Crippen LogP) is 0.941. The van der Waals surface area contributed by atoms with Crippen LogP contribution in [0.1, 0.15) is 0 Å². The Morgan fingerprint density at radius 1 is 1.05 bits per heavy atom. The first-order chi connectivity index (χ1) is 9.45. The van der Waals surface area contributed by atoms with Gasteiger partial charge in [-0.05, 0) is 12.1 Å². The fourth-order valence-electron chi connectivity index (χ4n) is 1.41. The number of hydrogen-bond donors (Lipinski definition) is 2. The molecule has 0 aliphatic carbocycles. The van der Waals surface area contributed by atoms with E-state index in [2.05, 4.69) is 10.0 Å². The van der Waals surface area contributed by atoms with Gasteiger partial charge in [0.05, 0.1) is 16.8 Å². The zero-order valence-corrected chi connectivity index (χ0v) is 12.4. The summed E-state index contributed by atoms with van der Waals surface area (Å²) in [4.78, 5) is -0.906. The molecule has 0 unspecified atom stereocenters. The number of rotatable bonds is 6. The quantitative estimate of drug-likeness (QED) is 0.748. The number of anilines is 1. The second kappa shape index (κ2) is 6.20. The van der Waals surface area contributed by atoms with Gasteiger partial charge in [-0.1, -0.05) is 12.1 Å². The lowest BCUT2D eigenvalue weighted by molar-refractivity contribution is -0.0435. The molecule has 21 heavy (non-hydrogen) atoms. The molecule has 0 aliphatic heterocycles. The van der Waals surface area contributed by atoms with Gasteiger partial charge in [-0.25, -0.2) is 21.6 Å². The van der Waals surface area contributed by atoms with Crippen LogP contribution in [0.3, 0.4) is 0 Å². The monoisotopic (exact) mass is 346 g/mol. The first-order valence-corrected chi connectivity index (χ1v) is 8.91. The number of nitrogens with one attached hydrogen (secondary N) is 2. The molecule has 0 aromatic heterocycles. The molecule has 6 nitrogen and oxygen atoms in total. The molecule has 0 fully saturated rings. The summed E-state index contributed by atoms with van der Waals surface area (Å²) in [6, 6.07) is 4.52. The molecule has 0 heterocycles. The number of sulfone groups is 1. The molecule has 0 aliphatic rings. The van der Waals surface area contributed by atoms with Gasteiger partial charge in [0.2, 0.25) is 10.0 Å². The molecule has 1 aromatic carbocycles. The van der Waals surface area contributed by atoms with Crippen LogP contribution in [0.4, 0.5) is 18.9 Å². The van der Waals surface area contributed by atoms with Gasteiger partial charge >= 0.3 is 5.51 Å². The van der Waals surface area contributed by atoms with Crippen molar-refractivity contribution in [2.24, 2.45) is 0 Å². The Hall–Kier alpha value is -1.33. The van der Waals surface area contributed by atoms with Gasteiger partial charge in [-0.2, -0.15) is 13.2 Å². The van der Waals surface area contributed by atoms with Crippen LogP contribution in [-0.2, 0) is 19.9 Å². The SMILES string of the molecule is CS(=O)(=O)NCCNc1ccccc1S(=O)(=O)C(F)(F)F. The second-order valence-corrected chi connectivity index (χ2v) is 7.78. The average molecular weight is 346 g/mol. The maximum Gasteiger partial charge on any atom is 0.501 e. The number of halogens is 3. The number of alkyl halides is 3. The van der Waals surface area contributed by atoms with Crippen LogP contribution in [0.2, 0.25) is 0 Å². The van der Waals surface area contributed by atoms with Crippen molar-refractivity contribution in [2.75, 3.05) is 24.7 Å². The third kappa shape index (κ3) is 4.86. The van der Waals surface area contributed by atoms with Gasteiger partial charge in [-0.3, -0.25) is 0 Å². The van der Waals surface area contributed by atoms with Gasteiger partial charge in [0, 0.05) is 13.1 Å². The van der Waals surface area contributed by atoms with E-state index in [1.165, 1.54) is 18.2 Å². The first-order valence-electron chi connectivity index (χ1n) is 5.54. The van der Waals surface area contributed by atoms with Crippen LogP contribution >= 0.6 is 0 Å². The average Bonchev–Trinajstić information content (AvgIpc) is 2.32. The Bertz CT molecular complexity index is 699. The van der Waals surface area contributed by atoms with Gasteiger partial charge in [-0.15, -0.1) is 0 Å². The van der Waals surface area contributed by atoms with E-state index >= 15 is 0 Å². The number of benzene rings is 1. The summed E-state index contributed by atoms with van der Waals surface area (Å²) in [6.07, 6.45) is 0.926. The van der Waals surface area contributed by atoms with E-state index in [0.29, 0.717) is 0 Å². The van der Waals surface area contributed by atoms with E-state index in [9.17, 15) is 30.0 Å². The van der Waals surface area contributed by atoms with E-state index in [4.69, 9.17) is 0 Å².